The van der Waals surface area contributed by atoms with Crippen molar-refractivity contribution in [3.63, 3.8) is 0 Å². The molecule has 2 unspecified atom stereocenters. The number of ether oxygens (including phenoxy) is 1. The number of aromatic nitrogens is 2. The number of likely N-dealkylation sites (tertiary alicyclic amines) is 1. The van der Waals surface area contributed by atoms with Crippen LogP contribution in [0.3, 0.4) is 0 Å². The third kappa shape index (κ3) is 4.50. The second-order valence-electron chi connectivity index (χ2n) is 8.43. The molecule has 1 aromatic heterocycles. The van der Waals surface area contributed by atoms with E-state index >= 15 is 0 Å². The lowest BCUT2D eigenvalue weighted by Gasteiger charge is -2.23. The summed E-state index contributed by atoms with van der Waals surface area (Å²) in [5, 5.41) is 0.0710. The van der Waals surface area contributed by atoms with Gasteiger partial charge in [-0.25, -0.2) is 18.1 Å². The first-order chi connectivity index (χ1) is 15.9. The molecule has 2 aliphatic rings. The van der Waals surface area contributed by atoms with Gasteiger partial charge in [-0.2, -0.15) is 0 Å². The number of nitrogens with zero attached hydrogens (tertiary/aromatic N) is 2. The van der Waals surface area contributed by atoms with E-state index in [2.05, 4.69) is 14.7 Å². The molecule has 1 amide bonds. The van der Waals surface area contributed by atoms with Crippen LogP contribution in [0.4, 0.5) is 0 Å². The van der Waals surface area contributed by atoms with Gasteiger partial charge >= 0.3 is 0 Å². The SMILES string of the molecule is O=C(c1ccc(Cl)c(S(=O)(=O)NCC2CCCO2)c1)N1CCCC1c1nc2ccccc2[nH]1. The predicted molar refractivity (Wildman–Crippen MR) is 125 cm³/mol. The number of carbonyl (C=O) groups excluding carboxylic acids is 1. The summed E-state index contributed by atoms with van der Waals surface area (Å²) in [6, 6.07) is 11.9. The molecule has 2 fully saturated rings. The van der Waals surface area contributed by atoms with Gasteiger partial charge in [0, 0.05) is 25.3 Å². The lowest BCUT2D eigenvalue weighted by Crippen LogP contribution is -2.33. The number of para-hydroxylation sites is 2. The van der Waals surface area contributed by atoms with Crippen LogP contribution < -0.4 is 4.72 Å². The molecule has 3 aromatic rings. The lowest BCUT2D eigenvalue weighted by atomic mass is 10.1. The molecular formula is C23H25ClN4O4S. The summed E-state index contributed by atoms with van der Waals surface area (Å²) >= 11 is 6.22. The molecule has 2 N–H and O–H groups in total. The topological polar surface area (TPSA) is 104 Å². The van der Waals surface area contributed by atoms with Crippen molar-refractivity contribution in [1.82, 2.24) is 19.6 Å². The third-order valence-electron chi connectivity index (χ3n) is 6.23. The van der Waals surface area contributed by atoms with Crippen molar-refractivity contribution >= 4 is 38.6 Å². The van der Waals surface area contributed by atoms with E-state index in [4.69, 9.17) is 16.3 Å². The molecule has 0 aliphatic carbocycles. The number of H-pyrrole nitrogens is 1. The molecule has 10 heteroatoms. The molecule has 5 rings (SSSR count). The molecule has 3 heterocycles. The summed E-state index contributed by atoms with van der Waals surface area (Å²) in [4.78, 5) is 23.0. The fraction of sp³-hybridized carbons (Fsp3) is 0.391. The third-order valence-corrected chi connectivity index (χ3v) is 8.13. The van der Waals surface area contributed by atoms with E-state index in [0.29, 0.717) is 13.2 Å². The molecular weight excluding hydrogens is 464 g/mol. The van der Waals surface area contributed by atoms with Crippen molar-refractivity contribution in [2.24, 2.45) is 0 Å². The van der Waals surface area contributed by atoms with Gasteiger partial charge in [-0.3, -0.25) is 4.79 Å². The molecule has 8 nitrogen and oxygen atoms in total. The van der Waals surface area contributed by atoms with Gasteiger partial charge in [0.2, 0.25) is 10.0 Å². The summed E-state index contributed by atoms with van der Waals surface area (Å²) in [7, 11) is -3.89. The van der Waals surface area contributed by atoms with E-state index in [9.17, 15) is 13.2 Å². The Morgan fingerprint density at radius 3 is 2.85 bits per heavy atom. The standard InChI is InChI=1S/C23H25ClN4O4S/c24-17-10-9-15(13-21(17)33(30,31)25-14-16-5-4-12-32-16)23(29)28-11-3-8-20(28)22-26-18-6-1-2-7-19(18)27-22/h1-2,6-7,9-10,13,16,20,25H,3-5,8,11-12,14H2,(H,26,27). The Bertz CT molecular complexity index is 1250. The first-order valence-electron chi connectivity index (χ1n) is 11.1. The van der Waals surface area contributed by atoms with E-state index in [-0.39, 0.29) is 40.1 Å². The summed E-state index contributed by atoms with van der Waals surface area (Å²) in [6.07, 6.45) is 3.21. The van der Waals surface area contributed by atoms with E-state index in [1.165, 1.54) is 12.1 Å². The number of fused-ring (bicyclic) bond motifs is 1. The van der Waals surface area contributed by atoms with Crippen LogP contribution in [0, 0.1) is 0 Å². The van der Waals surface area contributed by atoms with E-state index in [1.54, 1.807) is 11.0 Å². The highest BCUT2D eigenvalue weighted by Gasteiger charge is 2.33. The molecule has 0 saturated carbocycles. The Morgan fingerprint density at radius 1 is 1.21 bits per heavy atom. The van der Waals surface area contributed by atoms with E-state index in [0.717, 1.165) is 42.5 Å². The van der Waals surface area contributed by atoms with Crippen LogP contribution in [-0.4, -0.2) is 55.0 Å². The van der Waals surface area contributed by atoms with Gasteiger partial charge in [0.25, 0.3) is 5.91 Å². The average Bonchev–Trinajstić information content (AvgIpc) is 3.57. The maximum atomic E-state index is 13.4. The molecule has 0 radical (unpaired) electrons. The number of benzene rings is 2. The maximum Gasteiger partial charge on any atom is 0.254 e. The Labute approximate surface area is 197 Å². The van der Waals surface area contributed by atoms with Gasteiger partial charge in [-0.15, -0.1) is 0 Å². The van der Waals surface area contributed by atoms with Crippen LogP contribution in [0.5, 0.6) is 0 Å². The molecule has 2 aromatic carbocycles. The highest BCUT2D eigenvalue weighted by atomic mass is 35.5. The van der Waals surface area contributed by atoms with Crippen molar-refractivity contribution in [1.29, 1.82) is 0 Å². The second-order valence-corrected chi connectivity index (χ2v) is 10.6. The predicted octanol–water partition coefficient (Wildman–Crippen LogP) is 3.65. The highest BCUT2D eigenvalue weighted by Crippen LogP contribution is 2.33. The minimum Gasteiger partial charge on any atom is -0.377 e. The normalized spacial score (nSPS) is 21.2. The van der Waals surface area contributed by atoms with Crippen LogP contribution >= 0.6 is 11.6 Å². The number of amides is 1. The van der Waals surface area contributed by atoms with Gasteiger partial charge in [0.1, 0.15) is 10.7 Å². The maximum absolute atomic E-state index is 13.4. The lowest BCUT2D eigenvalue weighted by molar-refractivity contribution is 0.0730. The summed E-state index contributed by atoms with van der Waals surface area (Å²) in [5.41, 5.74) is 2.05. The van der Waals surface area contributed by atoms with Crippen molar-refractivity contribution in [3.05, 3.63) is 58.9 Å². The van der Waals surface area contributed by atoms with Crippen LogP contribution in [-0.2, 0) is 14.8 Å². The molecule has 2 atom stereocenters. The fourth-order valence-electron chi connectivity index (χ4n) is 4.52. The van der Waals surface area contributed by atoms with Crippen LogP contribution in [0.2, 0.25) is 5.02 Å². The zero-order valence-corrected chi connectivity index (χ0v) is 19.5. The number of imidazole rings is 1. The van der Waals surface area contributed by atoms with Crippen LogP contribution in [0.1, 0.15) is 47.9 Å². The van der Waals surface area contributed by atoms with Gasteiger partial charge in [0.15, 0.2) is 0 Å². The first-order valence-corrected chi connectivity index (χ1v) is 12.9. The molecule has 2 aliphatic heterocycles. The smallest absolute Gasteiger partial charge is 0.254 e. The molecule has 2 saturated heterocycles. The van der Waals surface area contributed by atoms with Gasteiger partial charge in [-0.1, -0.05) is 23.7 Å². The van der Waals surface area contributed by atoms with Gasteiger partial charge in [-0.05, 0) is 56.0 Å². The quantitative estimate of drug-likeness (QED) is 0.551. The summed E-state index contributed by atoms with van der Waals surface area (Å²) in [5.74, 6) is 0.493. The molecule has 0 spiro atoms. The van der Waals surface area contributed by atoms with Crippen molar-refractivity contribution < 1.29 is 17.9 Å². The Hall–Kier alpha value is -2.46. The minimum atomic E-state index is -3.89. The number of hydrogen-bond acceptors (Lipinski definition) is 5. The van der Waals surface area contributed by atoms with Crippen molar-refractivity contribution in [2.45, 2.75) is 42.7 Å². The molecule has 0 bridgehead atoms. The number of rotatable bonds is 6. The van der Waals surface area contributed by atoms with Crippen molar-refractivity contribution in [2.75, 3.05) is 19.7 Å². The highest BCUT2D eigenvalue weighted by molar-refractivity contribution is 7.89. The fourth-order valence-corrected chi connectivity index (χ4v) is 6.11. The van der Waals surface area contributed by atoms with E-state index in [1.807, 2.05) is 24.3 Å². The number of halogens is 1. The summed E-state index contributed by atoms with van der Waals surface area (Å²) < 4.78 is 33.9. The zero-order valence-electron chi connectivity index (χ0n) is 18.0. The van der Waals surface area contributed by atoms with Crippen LogP contribution in [0.25, 0.3) is 11.0 Å². The Kier molecular flexibility index (Phi) is 6.13. The van der Waals surface area contributed by atoms with Gasteiger partial charge < -0.3 is 14.6 Å². The second kappa shape index (κ2) is 9.06. The Balaban J connectivity index is 1.38. The average molecular weight is 489 g/mol. The number of carbonyl (C=O) groups is 1. The summed E-state index contributed by atoms with van der Waals surface area (Å²) in [6.45, 7) is 1.39. The number of hydrogen-bond donors (Lipinski definition) is 2. The zero-order chi connectivity index (χ0) is 23.0. The van der Waals surface area contributed by atoms with Gasteiger partial charge in [0.05, 0.1) is 28.2 Å². The van der Waals surface area contributed by atoms with Crippen molar-refractivity contribution in [3.8, 4) is 0 Å². The molecule has 33 heavy (non-hydrogen) atoms. The number of sulfonamides is 1. The largest absolute Gasteiger partial charge is 0.377 e. The Morgan fingerprint density at radius 2 is 2.06 bits per heavy atom. The first kappa shape index (κ1) is 22.3. The number of aromatic amines is 1. The number of nitrogens with one attached hydrogen (secondary N) is 2. The van der Waals surface area contributed by atoms with Crippen LogP contribution in [0.15, 0.2) is 47.4 Å². The van der Waals surface area contributed by atoms with E-state index < -0.39 is 10.0 Å². The molecule has 174 valence electrons. The monoisotopic (exact) mass is 488 g/mol. The minimum absolute atomic E-state index is 0.0710.